The molecular weight excluding hydrogens is 192 g/mol. The Morgan fingerprint density at radius 2 is 2.21 bits per heavy atom. The number of nitrogens with two attached hydrogens (primary N) is 1. The Bertz CT molecular complexity index is 281. The van der Waals surface area contributed by atoms with Gasteiger partial charge in [-0.25, -0.2) is 0 Å². The van der Waals surface area contributed by atoms with Crippen LogP contribution in [0.5, 0.6) is 0 Å². The first-order valence-electron chi connectivity index (χ1n) is 5.14. The summed E-state index contributed by atoms with van der Waals surface area (Å²) in [6, 6.07) is 2.24. The maximum atomic E-state index is 5.62. The molecule has 0 aliphatic heterocycles. The number of aryl methyl sites for hydroxylation is 1. The first-order valence-corrected chi connectivity index (χ1v) is 5.95. The van der Waals surface area contributed by atoms with Crippen molar-refractivity contribution in [2.75, 3.05) is 13.6 Å². The van der Waals surface area contributed by atoms with Gasteiger partial charge in [0.05, 0.1) is 0 Å². The second-order valence-electron chi connectivity index (χ2n) is 3.74. The minimum Gasteiger partial charge on any atom is -0.326 e. The van der Waals surface area contributed by atoms with Crippen molar-refractivity contribution in [3.05, 3.63) is 21.4 Å². The van der Waals surface area contributed by atoms with Crippen molar-refractivity contribution in [3.63, 3.8) is 0 Å². The van der Waals surface area contributed by atoms with Crippen LogP contribution in [-0.4, -0.2) is 18.5 Å². The van der Waals surface area contributed by atoms with Crippen LogP contribution in [0.1, 0.15) is 28.7 Å². The molecule has 0 fully saturated rings. The van der Waals surface area contributed by atoms with Crippen LogP contribution >= 0.6 is 11.3 Å². The lowest BCUT2D eigenvalue weighted by atomic mass is 10.2. The zero-order chi connectivity index (χ0) is 10.6. The number of nitrogens with zero attached hydrogens (tertiary/aromatic N) is 1. The van der Waals surface area contributed by atoms with E-state index in [0.717, 1.165) is 13.1 Å². The minimum absolute atomic E-state index is 0.670. The topological polar surface area (TPSA) is 29.3 Å². The van der Waals surface area contributed by atoms with Gasteiger partial charge in [0.25, 0.3) is 0 Å². The molecule has 0 aliphatic carbocycles. The highest BCUT2D eigenvalue weighted by molar-refractivity contribution is 7.12. The molecule has 0 aromatic carbocycles. The zero-order valence-electron chi connectivity index (χ0n) is 9.34. The van der Waals surface area contributed by atoms with E-state index in [2.05, 4.69) is 31.9 Å². The second kappa shape index (κ2) is 5.49. The van der Waals surface area contributed by atoms with E-state index in [1.54, 1.807) is 0 Å². The van der Waals surface area contributed by atoms with E-state index in [9.17, 15) is 0 Å². The summed E-state index contributed by atoms with van der Waals surface area (Å²) in [4.78, 5) is 5.06. The van der Waals surface area contributed by atoms with Crippen molar-refractivity contribution >= 4 is 11.3 Å². The van der Waals surface area contributed by atoms with E-state index >= 15 is 0 Å². The molecule has 1 rings (SSSR count). The summed E-state index contributed by atoms with van der Waals surface area (Å²) in [5.41, 5.74) is 7.05. The molecule has 0 saturated heterocycles. The number of hydrogen-bond donors (Lipinski definition) is 1. The van der Waals surface area contributed by atoms with Gasteiger partial charge in [-0.2, -0.15) is 0 Å². The summed E-state index contributed by atoms with van der Waals surface area (Å²) >= 11 is 1.82. The van der Waals surface area contributed by atoms with Gasteiger partial charge in [0.1, 0.15) is 0 Å². The summed E-state index contributed by atoms with van der Waals surface area (Å²) in [6.45, 7) is 7.27. The van der Waals surface area contributed by atoms with E-state index in [1.165, 1.54) is 21.7 Å². The molecule has 0 radical (unpaired) electrons. The molecule has 0 unspecified atom stereocenters. The third kappa shape index (κ3) is 3.08. The van der Waals surface area contributed by atoms with Crippen LogP contribution < -0.4 is 5.73 Å². The number of rotatable bonds is 5. The molecule has 0 aliphatic rings. The smallest absolute Gasteiger partial charge is 0.0274 e. The Balaban J connectivity index is 2.61. The molecule has 0 spiro atoms. The molecule has 2 nitrogen and oxygen atoms in total. The molecule has 14 heavy (non-hydrogen) atoms. The van der Waals surface area contributed by atoms with Crippen molar-refractivity contribution in [2.24, 2.45) is 5.73 Å². The Kier molecular flexibility index (Phi) is 4.58. The lowest BCUT2D eigenvalue weighted by Crippen LogP contribution is -2.18. The van der Waals surface area contributed by atoms with Gasteiger partial charge in [-0.1, -0.05) is 6.92 Å². The van der Waals surface area contributed by atoms with Crippen LogP contribution in [0.15, 0.2) is 6.07 Å². The predicted octanol–water partition coefficient (Wildman–Crippen LogP) is 2.36. The van der Waals surface area contributed by atoms with E-state index in [1.807, 2.05) is 11.3 Å². The molecule has 0 atom stereocenters. The van der Waals surface area contributed by atoms with Crippen molar-refractivity contribution in [1.29, 1.82) is 0 Å². The summed E-state index contributed by atoms with van der Waals surface area (Å²) in [7, 11) is 2.17. The molecule has 1 aromatic heterocycles. The Hall–Kier alpha value is -0.380. The van der Waals surface area contributed by atoms with Gasteiger partial charge in [-0.05, 0) is 38.6 Å². The fourth-order valence-electron chi connectivity index (χ4n) is 1.60. The summed E-state index contributed by atoms with van der Waals surface area (Å²) < 4.78 is 0. The van der Waals surface area contributed by atoms with Crippen molar-refractivity contribution in [3.8, 4) is 0 Å². The largest absolute Gasteiger partial charge is 0.326 e. The van der Waals surface area contributed by atoms with Crippen LogP contribution in [0.3, 0.4) is 0 Å². The Morgan fingerprint density at radius 1 is 1.50 bits per heavy atom. The average Bonchev–Trinajstić information content (AvgIpc) is 2.48. The molecule has 0 bridgehead atoms. The van der Waals surface area contributed by atoms with E-state index in [4.69, 9.17) is 5.73 Å². The quantitative estimate of drug-likeness (QED) is 0.812. The van der Waals surface area contributed by atoms with Gasteiger partial charge in [-0.15, -0.1) is 11.3 Å². The number of thiophene rings is 1. The average molecular weight is 212 g/mol. The normalized spacial score (nSPS) is 11.2. The highest BCUT2D eigenvalue weighted by atomic mass is 32.1. The standard InChI is InChI=1S/C11H20N2S/c1-4-5-13(3)8-10-6-11(7-12)14-9(10)2/h6H,4-5,7-8,12H2,1-3H3. The van der Waals surface area contributed by atoms with Gasteiger partial charge in [0, 0.05) is 22.8 Å². The molecule has 1 heterocycles. The van der Waals surface area contributed by atoms with Gasteiger partial charge < -0.3 is 10.6 Å². The molecule has 3 heteroatoms. The lowest BCUT2D eigenvalue weighted by molar-refractivity contribution is 0.327. The Labute approximate surface area is 90.7 Å². The molecular formula is C11H20N2S. The first-order chi connectivity index (χ1) is 6.67. The van der Waals surface area contributed by atoms with E-state index < -0.39 is 0 Å². The van der Waals surface area contributed by atoms with Crippen molar-refractivity contribution in [2.45, 2.75) is 33.4 Å². The Morgan fingerprint density at radius 3 is 2.71 bits per heavy atom. The van der Waals surface area contributed by atoms with Crippen LogP contribution in [0.2, 0.25) is 0 Å². The van der Waals surface area contributed by atoms with Crippen LogP contribution in [0.25, 0.3) is 0 Å². The van der Waals surface area contributed by atoms with Crippen molar-refractivity contribution in [1.82, 2.24) is 4.90 Å². The highest BCUT2D eigenvalue weighted by Crippen LogP contribution is 2.22. The fourth-order valence-corrected chi connectivity index (χ4v) is 2.53. The van der Waals surface area contributed by atoms with Gasteiger partial charge in [0.15, 0.2) is 0 Å². The van der Waals surface area contributed by atoms with E-state index in [0.29, 0.717) is 6.54 Å². The SMILES string of the molecule is CCCN(C)Cc1cc(CN)sc1C. The first kappa shape index (κ1) is 11.7. The minimum atomic E-state index is 0.670. The molecule has 1 aromatic rings. The van der Waals surface area contributed by atoms with Gasteiger partial charge in [0.2, 0.25) is 0 Å². The van der Waals surface area contributed by atoms with Crippen LogP contribution in [-0.2, 0) is 13.1 Å². The summed E-state index contributed by atoms with van der Waals surface area (Å²) in [5.74, 6) is 0. The summed E-state index contributed by atoms with van der Waals surface area (Å²) in [5, 5.41) is 0. The van der Waals surface area contributed by atoms with Crippen LogP contribution in [0, 0.1) is 6.92 Å². The maximum Gasteiger partial charge on any atom is 0.0274 e. The van der Waals surface area contributed by atoms with Gasteiger partial charge in [-0.3, -0.25) is 0 Å². The maximum absolute atomic E-state index is 5.62. The third-order valence-corrected chi connectivity index (χ3v) is 3.43. The second-order valence-corrected chi connectivity index (χ2v) is 5.08. The highest BCUT2D eigenvalue weighted by Gasteiger charge is 2.06. The molecule has 0 amide bonds. The molecule has 80 valence electrons. The fraction of sp³-hybridized carbons (Fsp3) is 0.636. The van der Waals surface area contributed by atoms with Crippen molar-refractivity contribution < 1.29 is 0 Å². The van der Waals surface area contributed by atoms with E-state index in [-0.39, 0.29) is 0 Å². The molecule has 0 saturated carbocycles. The number of hydrogen-bond acceptors (Lipinski definition) is 3. The van der Waals surface area contributed by atoms with Gasteiger partial charge >= 0.3 is 0 Å². The third-order valence-electron chi connectivity index (χ3n) is 2.32. The predicted molar refractivity (Wildman–Crippen MR) is 63.6 cm³/mol. The van der Waals surface area contributed by atoms with Crippen LogP contribution in [0.4, 0.5) is 0 Å². The lowest BCUT2D eigenvalue weighted by Gasteiger charge is -2.14. The molecule has 2 N–H and O–H groups in total. The monoisotopic (exact) mass is 212 g/mol. The zero-order valence-corrected chi connectivity index (χ0v) is 10.2. The summed E-state index contributed by atoms with van der Waals surface area (Å²) in [6.07, 6.45) is 1.21.